The van der Waals surface area contributed by atoms with E-state index >= 15 is 0 Å². The van der Waals surface area contributed by atoms with Gasteiger partial charge in [0.15, 0.2) is 0 Å². The van der Waals surface area contributed by atoms with E-state index in [1.54, 1.807) is 6.07 Å². The molecule has 7 nitrogen and oxygen atoms in total. The monoisotopic (exact) mass is 288 g/mol. The predicted octanol–water partition coefficient (Wildman–Crippen LogP) is 1.77. The van der Waals surface area contributed by atoms with Gasteiger partial charge in [-0.3, -0.25) is 13.9 Å². The van der Waals surface area contributed by atoms with Gasteiger partial charge in [0.05, 0.1) is 5.69 Å². The van der Waals surface area contributed by atoms with Crippen molar-refractivity contribution < 1.29 is 5.11 Å². The van der Waals surface area contributed by atoms with Crippen LogP contribution in [-0.2, 0) is 20.5 Å². The summed E-state index contributed by atoms with van der Waals surface area (Å²) in [5.74, 6) is -0.499. The Bertz CT molecular complexity index is 818. The minimum atomic E-state index is -0.687. The van der Waals surface area contributed by atoms with Crippen molar-refractivity contribution in [2.45, 2.75) is 13.3 Å². The Morgan fingerprint density at radius 2 is 1.76 bits per heavy atom. The van der Waals surface area contributed by atoms with Crippen molar-refractivity contribution in [3.8, 4) is 5.88 Å². The van der Waals surface area contributed by atoms with Crippen LogP contribution in [0.2, 0.25) is 0 Å². The van der Waals surface area contributed by atoms with E-state index in [0.29, 0.717) is 5.69 Å². The molecule has 21 heavy (non-hydrogen) atoms. The van der Waals surface area contributed by atoms with Crippen molar-refractivity contribution in [1.82, 2.24) is 9.13 Å². The molecule has 1 N–H and O–H groups in total. The third kappa shape index (κ3) is 2.62. The molecule has 0 aliphatic heterocycles. The highest BCUT2D eigenvalue weighted by Gasteiger charge is 2.14. The summed E-state index contributed by atoms with van der Waals surface area (Å²) < 4.78 is 1.82. The molecule has 0 unspecified atom stereocenters. The fourth-order valence-corrected chi connectivity index (χ4v) is 1.91. The summed E-state index contributed by atoms with van der Waals surface area (Å²) in [5, 5.41) is 17.7. The first-order valence-electron chi connectivity index (χ1n) is 6.46. The van der Waals surface area contributed by atoms with Crippen LogP contribution in [0.3, 0.4) is 0 Å². The van der Waals surface area contributed by atoms with Gasteiger partial charge < -0.3 is 5.11 Å². The smallest absolute Gasteiger partial charge is 0.333 e. The molecule has 7 heteroatoms. The number of aromatic nitrogens is 2. The van der Waals surface area contributed by atoms with Gasteiger partial charge >= 0.3 is 5.69 Å². The SMILES string of the molecule is CCc1ccccc1N=Nc1c(O)n(C)c(=O)n(C)c1=O. The highest BCUT2D eigenvalue weighted by atomic mass is 16.3. The molecule has 2 aromatic rings. The quantitative estimate of drug-likeness (QED) is 0.873. The number of nitrogens with zero attached hydrogens (tertiary/aromatic N) is 4. The minimum Gasteiger partial charge on any atom is -0.493 e. The van der Waals surface area contributed by atoms with E-state index in [-0.39, 0.29) is 5.69 Å². The standard InChI is InChI=1S/C14H16N4O3/c1-4-9-7-5-6-8-10(9)15-16-11-12(19)17(2)14(21)18(3)13(11)20/h5-8,19H,4H2,1-3H3. The van der Waals surface area contributed by atoms with Gasteiger partial charge in [-0.15, -0.1) is 10.2 Å². The van der Waals surface area contributed by atoms with Gasteiger partial charge in [-0.25, -0.2) is 4.79 Å². The predicted molar refractivity (Wildman–Crippen MR) is 78.6 cm³/mol. The second kappa shape index (κ2) is 5.74. The maximum Gasteiger partial charge on any atom is 0.333 e. The first kappa shape index (κ1) is 14.7. The van der Waals surface area contributed by atoms with E-state index in [4.69, 9.17) is 0 Å². The van der Waals surface area contributed by atoms with E-state index in [0.717, 1.165) is 21.1 Å². The molecule has 0 saturated carbocycles. The first-order valence-corrected chi connectivity index (χ1v) is 6.46. The number of hydrogen-bond acceptors (Lipinski definition) is 5. The van der Waals surface area contributed by atoms with Gasteiger partial charge in [0.25, 0.3) is 5.56 Å². The van der Waals surface area contributed by atoms with Crippen LogP contribution in [0.5, 0.6) is 5.88 Å². The van der Waals surface area contributed by atoms with Crippen LogP contribution in [-0.4, -0.2) is 14.2 Å². The largest absolute Gasteiger partial charge is 0.493 e. The maximum absolute atomic E-state index is 12.0. The van der Waals surface area contributed by atoms with Crippen LogP contribution < -0.4 is 11.2 Å². The number of hydrogen-bond donors (Lipinski definition) is 1. The molecule has 2 rings (SSSR count). The average molecular weight is 288 g/mol. The molecular formula is C14H16N4O3. The van der Waals surface area contributed by atoms with Crippen molar-refractivity contribution in [3.05, 3.63) is 50.7 Å². The zero-order chi connectivity index (χ0) is 15.6. The van der Waals surface area contributed by atoms with Crippen LogP contribution >= 0.6 is 0 Å². The Balaban J connectivity index is 2.57. The minimum absolute atomic E-state index is 0.259. The highest BCUT2D eigenvalue weighted by Crippen LogP contribution is 2.24. The third-order valence-corrected chi connectivity index (χ3v) is 3.24. The van der Waals surface area contributed by atoms with Gasteiger partial charge in [0.1, 0.15) is 0 Å². The van der Waals surface area contributed by atoms with Crippen molar-refractivity contribution >= 4 is 11.4 Å². The summed E-state index contributed by atoms with van der Waals surface area (Å²) in [5.41, 5.74) is 0.0296. The molecule has 1 aromatic heterocycles. The number of azo groups is 1. The molecule has 0 saturated heterocycles. The highest BCUT2D eigenvalue weighted by molar-refractivity contribution is 5.48. The number of aromatic hydroxyl groups is 1. The van der Waals surface area contributed by atoms with Crippen LogP contribution in [0.25, 0.3) is 0 Å². The fourth-order valence-electron chi connectivity index (χ4n) is 1.91. The lowest BCUT2D eigenvalue weighted by Gasteiger charge is -2.06. The van der Waals surface area contributed by atoms with Gasteiger partial charge in [-0.1, -0.05) is 25.1 Å². The molecule has 0 amide bonds. The van der Waals surface area contributed by atoms with Crippen LogP contribution in [0.1, 0.15) is 12.5 Å². The van der Waals surface area contributed by atoms with Crippen LogP contribution in [0, 0.1) is 0 Å². The summed E-state index contributed by atoms with van der Waals surface area (Å²) in [6, 6.07) is 7.38. The normalized spacial score (nSPS) is 11.2. The van der Waals surface area contributed by atoms with Crippen LogP contribution in [0.15, 0.2) is 44.1 Å². The summed E-state index contributed by atoms with van der Waals surface area (Å²) in [7, 11) is 2.68. The van der Waals surface area contributed by atoms with Crippen molar-refractivity contribution in [3.63, 3.8) is 0 Å². The lowest BCUT2D eigenvalue weighted by atomic mass is 10.1. The van der Waals surface area contributed by atoms with Gasteiger partial charge in [0, 0.05) is 14.1 Å². The summed E-state index contributed by atoms with van der Waals surface area (Å²) in [6.07, 6.45) is 0.770. The Kier molecular flexibility index (Phi) is 4.02. The second-order valence-corrected chi connectivity index (χ2v) is 4.56. The Hall–Kier alpha value is -2.70. The van der Waals surface area contributed by atoms with Gasteiger partial charge in [-0.2, -0.15) is 0 Å². The molecule has 110 valence electrons. The average Bonchev–Trinajstić information content (AvgIpc) is 2.51. The molecule has 0 atom stereocenters. The lowest BCUT2D eigenvalue weighted by molar-refractivity contribution is 0.413. The number of aryl methyl sites for hydroxylation is 1. The molecule has 0 fully saturated rings. The third-order valence-electron chi connectivity index (χ3n) is 3.24. The van der Waals surface area contributed by atoms with E-state index in [9.17, 15) is 14.7 Å². The van der Waals surface area contributed by atoms with Gasteiger partial charge in [-0.05, 0) is 18.1 Å². The lowest BCUT2D eigenvalue weighted by Crippen LogP contribution is -2.36. The van der Waals surface area contributed by atoms with Crippen LogP contribution in [0.4, 0.5) is 11.4 Å². The first-order chi connectivity index (χ1) is 9.97. The Labute approximate surface area is 120 Å². The maximum atomic E-state index is 12.0. The van der Waals surface area contributed by atoms with Gasteiger partial charge in [0.2, 0.25) is 11.6 Å². The second-order valence-electron chi connectivity index (χ2n) is 4.56. The molecule has 1 aromatic carbocycles. The molecule has 0 radical (unpaired) electrons. The fraction of sp³-hybridized carbons (Fsp3) is 0.286. The molecular weight excluding hydrogens is 272 g/mol. The van der Waals surface area contributed by atoms with Crippen molar-refractivity contribution in [1.29, 1.82) is 0 Å². The molecule has 0 bridgehead atoms. The van der Waals surface area contributed by atoms with E-state index in [1.165, 1.54) is 14.1 Å². The number of rotatable bonds is 3. The van der Waals surface area contributed by atoms with E-state index in [2.05, 4.69) is 10.2 Å². The zero-order valence-electron chi connectivity index (χ0n) is 12.1. The molecule has 0 aliphatic carbocycles. The number of benzene rings is 1. The summed E-state index contributed by atoms with van der Waals surface area (Å²) >= 11 is 0. The van der Waals surface area contributed by atoms with Crippen molar-refractivity contribution in [2.75, 3.05) is 0 Å². The topological polar surface area (TPSA) is 88.9 Å². The molecule has 0 aliphatic rings. The van der Waals surface area contributed by atoms with E-state index < -0.39 is 17.1 Å². The summed E-state index contributed by atoms with van der Waals surface area (Å²) in [4.78, 5) is 23.6. The van der Waals surface area contributed by atoms with E-state index in [1.807, 2.05) is 25.1 Å². The van der Waals surface area contributed by atoms with Crippen molar-refractivity contribution in [2.24, 2.45) is 24.3 Å². The molecule has 0 spiro atoms. The Morgan fingerprint density at radius 3 is 2.43 bits per heavy atom. The Morgan fingerprint density at radius 1 is 1.10 bits per heavy atom. The summed E-state index contributed by atoms with van der Waals surface area (Å²) in [6.45, 7) is 1.98. The zero-order valence-corrected chi connectivity index (χ0v) is 12.1. The molecule has 1 heterocycles.